The van der Waals surface area contributed by atoms with E-state index in [2.05, 4.69) is 0 Å². The zero-order valence-electron chi connectivity index (χ0n) is 14.1. The molecule has 126 valence electrons. The third kappa shape index (κ3) is 4.79. The minimum atomic E-state index is -0.573. The van der Waals surface area contributed by atoms with E-state index in [-0.39, 0.29) is 18.5 Å². The summed E-state index contributed by atoms with van der Waals surface area (Å²) in [4.78, 5) is 26.4. The first-order chi connectivity index (χ1) is 10.8. The van der Waals surface area contributed by atoms with Crippen molar-refractivity contribution >= 4 is 11.9 Å². The molecule has 1 aliphatic heterocycles. The van der Waals surface area contributed by atoms with Gasteiger partial charge in [0.2, 0.25) is 5.91 Å². The number of carbonyl (C=O) groups is 2. The fourth-order valence-corrected chi connectivity index (χ4v) is 2.90. The van der Waals surface area contributed by atoms with Crippen LogP contribution in [0.25, 0.3) is 0 Å². The van der Waals surface area contributed by atoms with Crippen LogP contribution >= 0.6 is 0 Å². The highest BCUT2D eigenvalue weighted by Crippen LogP contribution is 2.30. The quantitative estimate of drug-likeness (QED) is 0.869. The topological polar surface area (TPSA) is 72.6 Å². The first-order valence-corrected chi connectivity index (χ1v) is 8.11. The average Bonchev–Trinajstić information content (AvgIpc) is 2.60. The number of ether oxygens (including phenoxy) is 1. The van der Waals surface area contributed by atoms with Gasteiger partial charge in [0.05, 0.1) is 12.1 Å². The number of amides is 1. The third-order valence-electron chi connectivity index (χ3n) is 3.87. The number of likely N-dealkylation sites (tertiary alicyclic amines) is 1. The van der Waals surface area contributed by atoms with Gasteiger partial charge in [-0.3, -0.25) is 9.59 Å². The van der Waals surface area contributed by atoms with Gasteiger partial charge in [0, 0.05) is 0 Å². The lowest BCUT2D eigenvalue weighted by molar-refractivity contribution is -0.160. The van der Waals surface area contributed by atoms with Gasteiger partial charge in [-0.25, -0.2) is 0 Å². The second kappa shape index (κ2) is 7.13. The molecular weight excluding hydrogens is 292 g/mol. The van der Waals surface area contributed by atoms with Crippen LogP contribution < -0.4 is 5.73 Å². The zero-order chi connectivity index (χ0) is 17.0. The average molecular weight is 318 g/mol. The van der Waals surface area contributed by atoms with E-state index >= 15 is 0 Å². The van der Waals surface area contributed by atoms with Crippen LogP contribution in [-0.2, 0) is 14.3 Å². The van der Waals surface area contributed by atoms with Crippen LogP contribution in [0.2, 0.25) is 0 Å². The molecule has 1 aromatic carbocycles. The fraction of sp³-hybridized carbons (Fsp3) is 0.556. The van der Waals surface area contributed by atoms with E-state index < -0.39 is 17.6 Å². The van der Waals surface area contributed by atoms with Crippen molar-refractivity contribution in [1.29, 1.82) is 0 Å². The van der Waals surface area contributed by atoms with Crippen LogP contribution in [0.5, 0.6) is 0 Å². The summed E-state index contributed by atoms with van der Waals surface area (Å²) in [6.45, 7) is 5.38. The predicted molar refractivity (Wildman–Crippen MR) is 88.6 cm³/mol. The predicted octanol–water partition coefficient (Wildman–Crippen LogP) is 2.41. The van der Waals surface area contributed by atoms with Crippen molar-refractivity contribution < 1.29 is 14.3 Å². The van der Waals surface area contributed by atoms with Crippen LogP contribution in [0.15, 0.2) is 30.3 Å². The van der Waals surface area contributed by atoms with E-state index in [1.54, 1.807) is 4.90 Å². The molecule has 1 saturated heterocycles. The maximum Gasteiger partial charge on any atom is 0.326 e. The molecule has 0 spiro atoms. The third-order valence-corrected chi connectivity index (χ3v) is 3.87. The Morgan fingerprint density at radius 2 is 1.91 bits per heavy atom. The molecule has 1 fully saturated rings. The van der Waals surface area contributed by atoms with Crippen LogP contribution in [0.3, 0.4) is 0 Å². The molecule has 0 aliphatic carbocycles. The summed E-state index contributed by atoms with van der Waals surface area (Å²) >= 11 is 0. The molecule has 1 heterocycles. The highest BCUT2D eigenvalue weighted by Gasteiger charge is 2.34. The largest absolute Gasteiger partial charge is 0.459 e. The van der Waals surface area contributed by atoms with Crippen molar-refractivity contribution in [2.45, 2.75) is 57.7 Å². The zero-order valence-corrected chi connectivity index (χ0v) is 14.1. The molecule has 0 unspecified atom stereocenters. The van der Waals surface area contributed by atoms with E-state index in [0.717, 1.165) is 18.4 Å². The highest BCUT2D eigenvalue weighted by molar-refractivity contribution is 5.86. The SMILES string of the molecule is CC(C)(C)OC(=O)CN1C(=O)[C@H](N)CCC[C@H]1c1ccccc1. The van der Waals surface area contributed by atoms with Crippen LogP contribution in [0.4, 0.5) is 0 Å². The monoisotopic (exact) mass is 318 g/mol. The summed E-state index contributed by atoms with van der Waals surface area (Å²) in [6, 6.07) is 9.10. The Balaban J connectivity index is 2.24. The number of hydrogen-bond acceptors (Lipinski definition) is 4. The summed E-state index contributed by atoms with van der Waals surface area (Å²) in [5.74, 6) is -0.580. The summed E-state index contributed by atoms with van der Waals surface area (Å²) in [6.07, 6.45) is 2.30. The van der Waals surface area contributed by atoms with Crippen molar-refractivity contribution in [2.24, 2.45) is 5.73 Å². The van der Waals surface area contributed by atoms with E-state index in [9.17, 15) is 9.59 Å². The van der Waals surface area contributed by atoms with Gasteiger partial charge in [-0.2, -0.15) is 0 Å². The lowest BCUT2D eigenvalue weighted by atomic mass is 10.0. The molecule has 5 heteroatoms. The molecule has 2 atom stereocenters. The van der Waals surface area contributed by atoms with Crippen molar-refractivity contribution in [2.75, 3.05) is 6.54 Å². The number of esters is 1. The number of benzene rings is 1. The maximum absolute atomic E-state index is 12.6. The highest BCUT2D eigenvalue weighted by atomic mass is 16.6. The van der Waals surface area contributed by atoms with Crippen molar-refractivity contribution in [1.82, 2.24) is 4.90 Å². The van der Waals surface area contributed by atoms with E-state index in [4.69, 9.17) is 10.5 Å². The molecule has 23 heavy (non-hydrogen) atoms. The van der Waals surface area contributed by atoms with Gasteiger partial charge in [-0.15, -0.1) is 0 Å². The summed E-state index contributed by atoms with van der Waals surface area (Å²) in [7, 11) is 0. The molecule has 0 saturated carbocycles. The summed E-state index contributed by atoms with van der Waals surface area (Å²) < 4.78 is 5.38. The number of rotatable bonds is 3. The van der Waals surface area contributed by atoms with Gasteiger partial charge < -0.3 is 15.4 Å². The van der Waals surface area contributed by atoms with Crippen molar-refractivity contribution in [3.63, 3.8) is 0 Å². The van der Waals surface area contributed by atoms with Gasteiger partial charge in [0.25, 0.3) is 0 Å². The van der Waals surface area contributed by atoms with Crippen molar-refractivity contribution in [3.8, 4) is 0 Å². The maximum atomic E-state index is 12.6. The molecule has 2 rings (SSSR count). The Hall–Kier alpha value is -1.88. The minimum Gasteiger partial charge on any atom is -0.459 e. The van der Waals surface area contributed by atoms with Gasteiger partial charge in [0.15, 0.2) is 0 Å². The Bertz CT molecular complexity index is 551. The Morgan fingerprint density at radius 3 is 2.52 bits per heavy atom. The van der Waals surface area contributed by atoms with Crippen LogP contribution in [0.1, 0.15) is 51.6 Å². The summed E-state index contributed by atoms with van der Waals surface area (Å²) in [5, 5.41) is 0. The standard InChI is InChI=1S/C18H26N2O3/c1-18(2,3)23-16(21)12-20-15(13-8-5-4-6-9-13)11-7-10-14(19)17(20)22/h4-6,8-9,14-15H,7,10-12,19H2,1-3H3/t14-,15+/m1/s1. The number of nitrogens with zero attached hydrogens (tertiary/aromatic N) is 1. The molecule has 1 aromatic rings. The molecular formula is C18H26N2O3. The number of hydrogen-bond donors (Lipinski definition) is 1. The fourth-order valence-electron chi connectivity index (χ4n) is 2.90. The summed E-state index contributed by atoms with van der Waals surface area (Å²) in [5.41, 5.74) is 6.42. The lowest BCUT2D eigenvalue weighted by Crippen LogP contribution is -2.46. The normalized spacial score (nSPS) is 22.6. The Labute approximate surface area is 137 Å². The molecule has 1 aliphatic rings. The molecule has 5 nitrogen and oxygen atoms in total. The van der Waals surface area contributed by atoms with Gasteiger partial charge in [-0.1, -0.05) is 30.3 Å². The Kier molecular flexibility index (Phi) is 5.42. The number of carbonyl (C=O) groups excluding carboxylic acids is 2. The van der Waals surface area contributed by atoms with Gasteiger partial charge in [-0.05, 0) is 45.6 Å². The van der Waals surface area contributed by atoms with Gasteiger partial charge in [0.1, 0.15) is 12.1 Å². The lowest BCUT2D eigenvalue weighted by Gasteiger charge is -2.32. The first kappa shape index (κ1) is 17.5. The van der Waals surface area contributed by atoms with E-state index in [1.165, 1.54) is 0 Å². The molecule has 0 radical (unpaired) electrons. The van der Waals surface area contributed by atoms with Gasteiger partial charge >= 0.3 is 5.97 Å². The molecule has 0 bridgehead atoms. The van der Waals surface area contributed by atoms with Crippen LogP contribution in [0, 0.1) is 0 Å². The second-order valence-electron chi connectivity index (χ2n) is 7.02. The van der Waals surface area contributed by atoms with Crippen LogP contribution in [-0.4, -0.2) is 35.0 Å². The molecule has 2 N–H and O–H groups in total. The second-order valence-corrected chi connectivity index (χ2v) is 7.02. The van der Waals surface area contributed by atoms with E-state index in [0.29, 0.717) is 6.42 Å². The van der Waals surface area contributed by atoms with Crippen molar-refractivity contribution in [3.05, 3.63) is 35.9 Å². The van der Waals surface area contributed by atoms with E-state index in [1.807, 2.05) is 51.1 Å². The minimum absolute atomic E-state index is 0.0661. The molecule has 0 aromatic heterocycles. The Morgan fingerprint density at radius 1 is 1.26 bits per heavy atom. The number of nitrogens with two attached hydrogens (primary N) is 1. The smallest absolute Gasteiger partial charge is 0.326 e. The molecule has 1 amide bonds. The first-order valence-electron chi connectivity index (χ1n) is 8.11.